The first-order chi connectivity index (χ1) is 12.7. The summed E-state index contributed by atoms with van der Waals surface area (Å²) in [5.74, 6) is 2.98. The van der Waals surface area contributed by atoms with Gasteiger partial charge < -0.3 is 29.6 Å². The van der Waals surface area contributed by atoms with Crippen LogP contribution in [-0.2, 0) is 0 Å². The average molecular weight is 372 g/mol. The molecule has 2 aromatic carbocycles. The van der Waals surface area contributed by atoms with Crippen LogP contribution in [0.5, 0.6) is 23.0 Å². The minimum atomic E-state index is -0.251. The molecule has 0 bridgehead atoms. The first-order valence-electron chi connectivity index (χ1n) is 8.94. The van der Waals surface area contributed by atoms with Crippen molar-refractivity contribution >= 4 is 0 Å². The lowest BCUT2D eigenvalue weighted by Gasteiger charge is -2.13. The maximum absolute atomic E-state index is 6.31. The maximum atomic E-state index is 6.31. The number of likely N-dealkylation sites (tertiary alicyclic amines) is 1. The molecule has 146 valence electrons. The molecule has 6 heteroatoms. The molecule has 27 heavy (non-hydrogen) atoms. The number of fused-ring (bicyclic) bond motifs is 2. The number of rotatable bonds is 2. The summed E-state index contributed by atoms with van der Waals surface area (Å²) in [6.07, 6.45) is 2.83. The average Bonchev–Trinajstić information content (AvgIpc) is 3.41. The van der Waals surface area contributed by atoms with Crippen LogP contribution in [0.2, 0.25) is 0 Å². The first kappa shape index (κ1) is 19.3. The summed E-state index contributed by atoms with van der Waals surface area (Å²) in [6, 6.07) is 11.2. The second kappa shape index (κ2) is 8.50. The SMILES string of the molecule is C.CN1CCCC1.NC(c1ccc2c(c1)OCO2)c1ccc2c(c1)OCO2. The summed E-state index contributed by atoms with van der Waals surface area (Å²) in [5, 5.41) is 0. The predicted octanol–water partition coefficient (Wildman–Crippen LogP) is 3.54. The van der Waals surface area contributed by atoms with Gasteiger partial charge in [-0.3, -0.25) is 0 Å². The minimum absolute atomic E-state index is 0. The van der Waals surface area contributed by atoms with Crippen LogP contribution in [0.1, 0.15) is 37.4 Å². The van der Waals surface area contributed by atoms with E-state index in [1.165, 1.54) is 25.9 Å². The van der Waals surface area contributed by atoms with E-state index in [0.29, 0.717) is 0 Å². The van der Waals surface area contributed by atoms with E-state index in [1.807, 2.05) is 36.4 Å². The number of hydrogen-bond acceptors (Lipinski definition) is 6. The van der Waals surface area contributed by atoms with Crippen molar-refractivity contribution in [1.82, 2.24) is 4.90 Å². The third-order valence-corrected chi connectivity index (χ3v) is 4.84. The van der Waals surface area contributed by atoms with Gasteiger partial charge in [0.1, 0.15) is 0 Å². The second-order valence-corrected chi connectivity index (χ2v) is 6.71. The molecule has 0 amide bonds. The Kier molecular flexibility index (Phi) is 6.08. The van der Waals surface area contributed by atoms with Crippen LogP contribution in [0.25, 0.3) is 0 Å². The molecule has 1 saturated heterocycles. The topological polar surface area (TPSA) is 66.2 Å². The molecule has 0 spiro atoms. The zero-order chi connectivity index (χ0) is 17.9. The molecule has 0 aliphatic carbocycles. The van der Waals surface area contributed by atoms with Crippen molar-refractivity contribution in [3.05, 3.63) is 47.5 Å². The summed E-state index contributed by atoms with van der Waals surface area (Å²) in [6.45, 7) is 3.16. The number of benzene rings is 2. The Bertz CT molecular complexity index is 717. The molecule has 0 saturated carbocycles. The quantitative estimate of drug-likeness (QED) is 0.870. The standard InChI is InChI=1S/C15H13NO4.C5H11N.CH4/c16-15(9-1-3-11-13(5-9)19-7-17-11)10-2-4-12-14(6-10)20-8-18-12;1-6-4-2-3-5-6;/h1-6,15H,7-8,16H2;2-5H2,1H3;1H4. The van der Waals surface area contributed by atoms with Crippen LogP contribution in [-0.4, -0.2) is 38.6 Å². The summed E-state index contributed by atoms with van der Waals surface area (Å²) in [5.41, 5.74) is 8.24. The maximum Gasteiger partial charge on any atom is 0.231 e. The Hall–Kier alpha value is -2.44. The minimum Gasteiger partial charge on any atom is -0.454 e. The van der Waals surface area contributed by atoms with Gasteiger partial charge >= 0.3 is 0 Å². The van der Waals surface area contributed by atoms with Crippen molar-refractivity contribution in [2.75, 3.05) is 33.7 Å². The van der Waals surface area contributed by atoms with Gasteiger partial charge in [0.25, 0.3) is 0 Å². The molecular weight excluding hydrogens is 344 g/mol. The Morgan fingerprint density at radius 2 is 1.22 bits per heavy atom. The smallest absolute Gasteiger partial charge is 0.231 e. The van der Waals surface area contributed by atoms with E-state index in [-0.39, 0.29) is 27.1 Å². The van der Waals surface area contributed by atoms with Crippen molar-refractivity contribution in [2.45, 2.75) is 26.3 Å². The molecule has 3 aliphatic rings. The zero-order valence-corrected chi connectivity index (χ0v) is 14.9. The van der Waals surface area contributed by atoms with E-state index in [9.17, 15) is 0 Å². The van der Waals surface area contributed by atoms with E-state index in [0.717, 1.165) is 34.1 Å². The normalized spacial score (nSPS) is 16.7. The number of nitrogens with zero attached hydrogens (tertiary/aromatic N) is 1. The Balaban J connectivity index is 0.000000259. The van der Waals surface area contributed by atoms with E-state index in [2.05, 4.69) is 11.9 Å². The monoisotopic (exact) mass is 372 g/mol. The van der Waals surface area contributed by atoms with E-state index in [4.69, 9.17) is 24.7 Å². The number of hydrogen-bond donors (Lipinski definition) is 1. The zero-order valence-electron chi connectivity index (χ0n) is 14.9. The number of nitrogens with two attached hydrogens (primary N) is 1. The summed E-state index contributed by atoms with van der Waals surface area (Å²) < 4.78 is 21.4. The fraction of sp³-hybridized carbons (Fsp3) is 0.429. The van der Waals surface area contributed by atoms with Crippen molar-refractivity contribution in [1.29, 1.82) is 0 Å². The lowest BCUT2D eigenvalue weighted by Crippen LogP contribution is -2.11. The highest BCUT2D eigenvalue weighted by Crippen LogP contribution is 2.38. The molecule has 1 fully saturated rings. The number of ether oxygens (including phenoxy) is 4. The highest BCUT2D eigenvalue weighted by molar-refractivity contribution is 5.50. The first-order valence-corrected chi connectivity index (χ1v) is 8.94. The molecule has 0 radical (unpaired) electrons. The molecule has 0 unspecified atom stereocenters. The fourth-order valence-corrected chi connectivity index (χ4v) is 3.28. The van der Waals surface area contributed by atoms with Crippen molar-refractivity contribution < 1.29 is 18.9 Å². The van der Waals surface area contributed by atoms with E-state index >= 15 is 0 Å². The molecule has 0 atom stereocenters. The molecule has 3 heterocycles. The Morgan fingerprint density at radius 3 is 1.63 bits per heavy atom. The van der Waals surface area contributed by atoms with Crippen LogP contribution in [0, 0.1) is 0 Å². The Morgan fingerprint density at radius 1 is 0.778 bits per heavy atom. The lowest BCUT2D eigenvalue weighted by atomic mass is 9.99. The third kappa shape index (κ3) is 4.28. The van der Waals surface area contributed by atoms with Gasteiger partial charge in [-0.05, 0) is 68.4 Å². The fourth-order valence-electron chi connectivity index (χ4n) is 3.28. The molecule has 2 aromatic rings. The summed E-state index contributed by atoms with van der Waals surface area (Å²) >= 11 is 0. The van der Waals surface area contributed by atoms with Crippen LogP contribution in [0.4, 0.5) is 0 Å². The van der Waals surface area contributed by atoms with Crippen LogP contribution < -0.4 is 24.7 Å². The lowest BCUT2D eigenvalue weighted by molar-refractivity contribution is 0.173. The van der Waals surface area contributed by atoms with Crippen LogP contribution in [0.15, 0.2) is 36.4 Å². The van der Waals surface area contributed by atoms with Crippen molar-refractivity contribution in [3.63, 3.8) is 0 Å². The molecular formula is C21H28N2O4. The highest BCUT2D eigenvalue weighted by atomic mass is 16.7. The van der Waals surface area contributed by atoms with Gasteiger partial charge in [0, 0.05) is 0 Å². The van der Waals surface area contributed by atoms with Gasteiger partial charge in [-0.15, -0.1) is 0 Å². The van der Waals surface area contributed by atoms with Gasteiger partial charge in [-0.2, -0.15) is 0 Å². The van der Waals surface area contributed by atoms with E-state index in [1.54, 1.807) is 0 Å². The van der Waals surface area contributed by atoms with Crippen molar-refractivity contribution in [2.24, 2.45) is 5.73 Å². The molecule has 2 N–H and O–H groups in total. The van der Waals surface area contributed by atoms with E-state index < -0.39 is 0 Å². The molecule has 0 aromatic heterocycles. The third-order valence-electron chi connectivity index (χ3n) is 4.84. The highest BCUT2D eigenvalue weighted by Gasteiger charge is 2.19. The van der Waals surface area contributed by atoms with Gasteiger partial charge in [-0.1, -0.05) is 19.6 Å². The van der Waals surface area contributed by atoms with Crippen LogP contribution >= 0.6 is 0 Å². The summed E-state index contributed by atoms with van der Waals surface area (Å²) in [7, 11) is 2.17. The van der Waals surface area contributed by atoms with Gasteiger partial charge in [0.2, 0.25) is 13.6 Å². The van der Waals surface area contributed by atoms with Crippen LogP contribution in [0.3, 0.4) is 0 Å². The van der Waals surface area contributed by atoms with Crippen molar-refractivity contribution in [3.8, 4) is 23.0 Å². The molecule has 3 aliphatic heterocycles. The molecule has 6 nitrogen and oxygen atoms in total. The van der Waals surface area contributed by atoms with Gasteiger partial charge in [0.15, 0.2) is 23.0 Å². The Labute approximate surface area is 160 Å². The predicted molar refractivity (Wildman–Crippen MR) is 105 cm³/mol. The van der Waals surface area contributed by atoms with Gasteiger partial charge in [-0.25, -0.2) is 0 Å². The van der Waals surface area contributed by atoms with Gasteiger partial charge in [0.05, 0.1) is 6.04 Å². The molecule has 5 rings (SSSR count). The second-order valence-electron chi connectivity index (χ2n) is 6.71. The largest absolute Gasteiger partial charge is 0.454 e. The summed E-state index contributed by atoms with van der Waals surface area (Å²) in [4.78, 5) is 2.36.